The molecule has 0 atom stereocenters. The van der Waals surface area contributed by atoms with Gasteiger partial charge in [-0.1, -0.05) is 36.4 Å². The Morgan fingerprint density at radius 3 is 2.57 bits per heavy atom. The largest absolute Gasteiger partial charge is 0.298 e. The highest BCUT2D eigenvalue weighted by molar-refractivity contribution is 5.81. The number of benzene rings is 1. The van der Waals surface area contributed by atoms with E-state index in [2.05, 4.69) is 23.9 Å². The summed E-state index contributed by atoms with van der Waals surface area (Å²) in [5.41, 5.74) is 5.99. The highest BCUT2D eigenvalue weighted by Gasteiger charge is 2.01. The van der Waals surface area contributed by atoms with E-state index in [9.17, 15) is 4.79 Å². The van der Waals surface area contributed by atoms with Crippen LogP contribution in [0.3, 0.4) is 0 Å². The Morgan fingerprint density at radius 1 is 1.21 bits per heavy atom. The van der Waals surface area contributed by atoms with Crippen molar-refractivity contribution in [3.8, 4) is 0 Å². The minimum Gasteiger partial charge on any atom is -0.298 e. The summed E-state index contributed by atoms with van der Waals surface area (Å²) in [5, 5.41) is 0. The minimum atomic E-state index is 0.685. The molecule has 0 unspecified atom stereocenters. The van der Waals surface area contributed by atoms with Gasteiger partial charge in [0.05, 0.1) is 0 Å². The van der Waals surface area contributed by atoms with Gasteiger partial charge >= 0.3 is 0 Å². The van der Waals surface area contributed by atoms with Crippen LogP contribution in [-0.2, 0) is 4.79 Å². The molecule has 0 saturated heterocycles. The first kappa shape index (κ1) is 8.74. The highest BCUT2D eigenvalue weighted by Crippen LogP contribution is 2.20. The van der Waals surface area contributed by atoms with E-state index in [4.69, 9.17) is 0 Å². The average molecular weight is 182 g/mol. The Kier molecular flexibility index (Phi) is 2.44. The van der Waals surface area contributed by atoms with Gasteiger partial charge in [-0.05, 0) is 17.2 Å². The molecule has 0 aliphatic heterocycles. The number of carbonyl (C=O) groups is 1. The van der Waals surface area contributed by atoms with Crippen LogP contribution in [0.1, 0.15) is 12.0 Å². The molecule has 1 aromatic rings. The molecule has 1 aliphatic carbocycles. The summed E-state index contributed by atoms with van der Waals surface area (Å²) in [6.45, 7) is 0. The summed E-state index contributed by atoms with van der Waals surface area (Å²) in [6.07, 6.45) is 5.46. The van der Waals surface area contributed by atoms with Crippen LogP contribution in [0.5, 0.6) is 0 Å². The average Bonchev–Trinajstić information content (AvgIpc) is 2.30. The van der Waals surface area contributed by atoms with E-state index in [0.29, 0.717) is 12.0 Å². The quantitative estimate of drug-likeness (QED) is 0.507. The third kappa shape index (κ3) is 1.73. The molecule has 0 spiro atoms. The maximum Gasteiger partial charge on any atom is 0.154 e. The number of allylic oxidation sites excluding steroid dienone is 3. The van der Waals surface area contributed by atoms with E-state index in [0.717, 1.165) is 11.9 Å². The van der Waals surface area contributed by atoms with E-state index in [1.807, 2.05) is 24.3 Å². The number of rotatable bonds is 2. The van der Waals surface area contributed by atoms with Crippen LogP contribution in [0.15, 0.2) is 53.8 Å². The van der Waals surface area contributed by atoms with Crippen LogP contribution in [0.4, 0.5) is 0 Å². The van der Waals surface area contributed by atoms with Gasteiger partial charge < -0.3 is 0 Å². The number of carbonyl (C=O) groups excluding carboxylic acids is 1. The second-order valence-corrected chi connectivity index (χ2v) is 3.16. The van der Waals surface area contributed by atoms with E-state index in [1.165, 1.54) is 5.56 Å². The Hall–Kier alpha value is -1.85. The van der Waals surface area contributed by atoms with E-state index in [-0.39, 0.29) is 0 Å². The predicted octanol–water partition coefficient (Wildman–Crippen LogP) is 2.75. The van der Waals surface area contributed by atoms with Crippen molar-refractivity contribution in [1.29, 1.82) is 0 Å². The summed E-state index contributed by atoms with van der Waals surface area (Å²) in [6, 6.07) is 10.1. The van der Waals surface area contributed by atoms with Gasteiger partial charge in [-0.15, -0.1) is 5.73 Å². The first-order valence-corrected chi connectivity index (χ1v) is 4.56. The number of hydrogen-bond donors (Lipinski definition) is 0. The number of aldehydes is 1. The monoisotopic (exact) mass is 182 g/mol. The van der Waals surface area contributed by atoms with Crippen molar-refractivity contribution in [2.24, 2.45) is 0 Å². The molecule has 1 nitrogen and oxygen atoms in total. The zero-order valence-electron chi connectivity index (χ0n) is 7.73. The Morgan fingerprint density at radius 2 is 2.00 bits per heavy atom. The molecule has 1 aromatic carbocycles. The van der Waals surface area contributed by atoms with Crippen LogP contribution >= 0.6 is 0 Å². The van der Waals surface area contributed by atoms with Gasteiger partial charge in [-0.25, -0.2) is 0 Å². The minimum absolute atomic E-state index is 0.685. The standard InChI is InChI=1S/C13H10O/c14-10-11-6-8-13(9-7-11)12-4-2-1-3-5-12/h1-5,8-10H,6H2. The molecule has 0 aromatic heterocycles. The number of hydrogen-bond acceptors (Lipinski definition) is 1. The first-order chi connectivity index (χ1) is 6.90. The van der Waals surface area contributed by atoms with Crippen LogP contribution in [0.2, 0.25) is 0 Å². The molecule has 0 radical (unpaired) electrons. The molecule has 0 heterocycles. The summed E-state index contributed by atoms with van der Waals surface area (Å²) < 4.78 is 0. The zero-order chi connectivity index (χ0) is 9.80. The van der Waals surface area contributed by atoms with E-state index >= 15 is 0 Å². The lowest BCUT2D eigenvalue weighted by Gasteiger charge is -2.04. The van der Waals surface area contributed by atoms with Crippen molar-refractivity contribution in [1.82, 2.24) is 0 Å². The lowest BCUT2D eigenvalue weighted by molar-refractivity contribution is -0.104. The predicted molar refractivity (Wildman–Crippen MR) is 56.7 cm³/mol. The van der Waals surface area contributed by atoms with Crippen LogP contribution in [0.25, 0.3) is 5.57 Å². The lowest BCUT2D eigenvalue weighted by atomic mass is 10.00. The molecular weight excluding hydrogens is 172 g/mol. The van der Waals surface area contributed by atoms with Crippen molar-refractivity contribution < 1.29 is 4.79 Å². The maximum absolute atomic E-state index is 10.5. The van der Waals surface area contributed by atoms with E-state index < -0.39 is 0 Å². The molecule has 0 bridgehead atoms. The molecule has 1 aliphatic rings. The third-order valence-electron chi connectivity index (χ3n) is 2.20. The molecule has 0 fully saturated rings. The second kappa shape index (κ2) is 3.91. The van der Waals surface area contributed by atoms with Crippen molar-refractivity contribution in [2.45, 2.75) is 6.42 Å². The topological polar surface area (TPSA) is 17.1 Å². The van der Waals surface area contributed by atoms with E-state index in [1.54, 1.807) is 0 Å². The molecule has 2 rings (SSSR count). The van der Waals surface area contributed by atoms with Gasteiger partial charge in [-0.3, -0.25) is 4.79 Å². The normalized spacial score (nSPS) is 14.6. The fourth-order valence-corrected chi connectivity index (χ4v) is 1.42. The molecule has 0 N–H and O–H groups in total. The smallest absolute Gasteiger partial charge is 0.154 e. The van der Waals surface area contributed by atoms with Crippen LogP contribution < -0.4 is 0 Å². The first-order valence-electron chi connectivity index (χ1n) is 4.56. The highest BCUT2D eigenvalue weighted by atomic mass is 16.1. The van der Waals surface area contributed by atoms with Crippen LogP contribution in [0, 0.1) is 0 Å². The van der Waals surface area contributed by atoms with Crippen molar-refractivity contribution in [3.05, 3.63) is 59.4 Å². The Balaban J connectivity index is 2.33. The summed E-state index contributed by atoms with van der Waals surface area (Å²) in [4.78, 5) is 10.5. The fraction of sp³-hybridized carbons (Fsp3) is 0.0769. The summed E-state index contributed by atoms with van der Waals surface area (Å²) in [7, 11) is 0. The van der Waals surface area contributed by atoms with Crippen molar-refractivity contribution in [3.63, 3.8) is 0 Å². The SMILES string of the molecule is O=CC1=C=CC(c2ccccc2)=CC1. The fourth-order valence-electron chi connectivity index (χ4n) is 1.42. The zero-order valence-corrected chi connectivity index (χ0v) is 7.73. The van der Waals surface area contributed by atoms with Crippen molar-refractivity contribution >= 4 is 11.9 Å². The van der Waals surface area contributed by atoms with Gasteiger partial charge in [-0.2, -0.15) is 0 Å². The third-order valence-corrected chi connectivity index (χ3v) is 2.20. The summed E-state index contributed by atoms with van der Waals surface area (Å²) in [5.74, 6) is 0. The molecule has 0 amide bonds. The molecule has 0 saturated carbocycles. The maximum atomic E-state index is 10.5. The summed E-state index contributed by atoms with van der Waals surface area (Å²) >= 11 is 0. The van der Waals surface area contributed by atoms with Crippen molar-refractivity contribution in [2.75, 3.05) is 0 Å². The van der Waals surface area contributed by atoms with Gasteiger partial charge in [0.25, 0.3) is 0 Å². The molecule has 1 heteroatoms. The lowest BCUT2D eigenvalue weighted by Crippen LogP contribution is -1.88. The van der Waals surface area contributed by atoms with Gasteiger partial charge in [0.2, 0.25) is 0 Å². The Labute approximate surface area is 83.1 Å². The van der Waals surface area contributed by atoms with Gasteiger partial charge in [0, 0.05) is 12.0 Å². The molecular formula is C13H10O. The van der Waals surface area contributed by atoms with Gasteiger partial charge in [0.1, 0.15) is 0 Å². The van der Waals surface area contributed by atoms with Gasteiger partial charge in [0.15, 0.2) is 6.29 Å². The molecule has 14 heavy (non-hydrogen) atoms. The second-order valence-electron chi connectivity index (χ2n) is 3.16. The van der Waals surface area contributed by atoms with Crippen LogP contribution in [-0.4, -0.2) is 6.29 Å². The Bertz CT molecular complexity index is 432. The molecule has 68 valence electrons.